The lowest BCUT2D eigenvalue weighted by atomic mass is 10.0. The number of hydrogen-bond acceptors (Lipinski definition) is 3. The van der Waals surface area contributed by atoms with Gasteiger partial charge in [0.2, 0.25) is 0 Å². The number of pyridine rings is 1. The Labute approximate surface area is 105 Å². The number of halogens is 1. The first-order chi connectivity index (χ1) is 8.34. The van der Waals surface area contributed by atoms with Crippen LogP contribution in [0, 0.1) is 0 Å². The third kappa shape index (κ3) is 2.15. The molecule has 1 N–H and O–H groups in total. The Morgan fingerprint density at radius 3 is 3.18 bits per heavy atom. The zero-order valence-corrected chi connectivity index (χ0v) is 10.3. The minimum Gasteiger partial charge on any atom is -0.314 e. The van der Waals surface area contributed by atoms with Crippen molar-refractivity contribution >= 4 is 17.2 Å². The van der Waals surface area contributed by atoms with Crippen molar-refractivity contribution in [1.82, 2.24) is 19.9 Å². The summed E-state index contributed by atoms with van der Waals surface area (Å²) in [5.41, 5.74) is 0.750. The molecule has 2 aromatic heterocycles. The van der Waals surface area contributed by atoms with Crippen molar-refractivity contribution in [2.45, 2.75) is 31.7 Å². The predicted octanol–water partition coefficient (Wildman–Crippen LogP) is 2.07. The molecule has 1 fully saturated rings. The number of piperidine rings is 1. The van der Waals surface area contributed by atoms with Gasteiger partial charge in [0.05, 0.1) is 5.02 Å². The highest BCUT2D eigenvalue weighted by molar-refractivity contribution is 6.33. The lowest BCUT2D eigenvalue weighted by molar-refractivity contribution is 0.393. The highest BCUT2D eigenvalue weighted by atomic mass is 35.5. The highest BCUT2D eigenvalue weighted by Crippen LogP contribution is 2.17. The van der Waals surface area contributed by atoms with E-state index in [1.807, 2.05) is 22.7 Å². The number of nitrogens with one attached hydrogen (secondary N) is 1. The Hall–Kier alpha value is -1.13. The van der Waals surface area contributed by atoms with Crippen LogP contribution in [0.3, 0.4) is 0 Å². The molecule has 0 aromatic carbocycles. The van der Waals surface area contributed by atoms with Gasteiger partial charge in [-0.25, -0.2) is 0 Å². The predicted molar refractivity (Wildman–Crippen MR) is 67.3 cm³/mol. The average molecular weight is 251 g/mol. The van der Waals surface area contributed by atoms with Gasteiger partial charge in [-0.1, -0.05) is 18.0 Å². The molecule has 3 heterocycles. The smallest absolute Gasteiger partial charge is 0.179 e. The quantitative estimate of drug-likeness (QED) is 0.887. The van der Waals surface area contributed by atoms with Gasteiger partial charge in [-0.05, 0) is 31.5 Å². The molecule has 3 rings (SSSR count). The molecule has 1 aliphatic rings. The Balaban J connectivity index is 1.87. The Bertz CT molecular complexity index is 516. The van der Waals surface area contributed by atoms with Gasteiger partial charge in [0.25, 0.3) is 0 Å². The maximum atomic E-state index is 6.07. The maximum absolute atomic E-state index is 6.07. The molecular formula is C12H15ClN4. The zero-order valence-electron chi connectivity index (χ0n) is 9.56. The summed E-state index contributed by atoms with van der Waals surface area (Å²) in [5, 5.41) is 12.6. The van der Waals surface area contributed by atoms with E-state index in [4.69, 9.17) is 11.6 Å². The molecule has 1 saturated heterocycles. The van der Waals surface area contributed by atoms with E-state index in [2.05, 4.69) is 15.5 Å². The fraction of sp³-hybridized carbons (Fsp3) is 0.500. The first kappa shape index (κ1) is 11.0. The van der Waals surface area contributed by atoms with Gasteiger partial charge < -0.3 is 5.32 Å². The monoisotopic (exact) mass is 250 g/mol. The molecule has 0 bridgehead atoms. The van der Waals surface area contributed by atoms with Crippen molar-refractivity contribution in [3.05, 3.63) is 29.2 Å². The second kappa shape index (κ2) is 4.63. The molecule has 0 spiro atoms. The SMILES string of the molecule is Clc1cccn2c(CC3CCCCN3)nnc12. The van der Waals surface area contributed by atoms with Crippen molar-refractivity contribution in [2.75, 3.05) is 6.54 Å². The van der Waals surface area contributed by atoms with E-state index in [1.54, 1.807) is 0 Å². The molecule has 5 heteroatoms. The van der Waals surface area contributed by atoms with Gasteiger partial charge in [0, 0.05) is 18.7 Å². The summed E-state index contributed by atoms with van der Waals surface area (Å²) in [6.07, 6.45) is 6.69. The van der Waals surface area contributed by atoms with Gasteiger partial charge in [-0.15, -0.1) is 10.2 Å². The summed E-state index contributed by atoms with van der Waals surface area (Å²) < 4.78 is 1.98. The molecule has 0 radical (unpaired) electrons. The standard InChI is InChI=1S/C12H15ClN4/c13-10-5-3-7-17-11(15-16-12(10)17)8-9-4-1-2-6-14-9/h3,5,7,9,14H,1-2,4,6,8H2. The molecule has 4 nitrogen and oxygen atoms in total. The lowest BCUT2D eigenvalue weighted by Gasteiger charge is -2.22. The highest BCUT2D eigenvalue weighted by Gasteiger charge is 2.16. The van der Waals surface area contributed by atoms with E-state index in [9.17, 15) is 0 Å². The normalized spacial score (nSPS) is 20.9. The third-order valence-corrected chi connectivity index (χ3v) is 3.59. The lowest BCUT2D eigenvalue weighted by Crippen LogP contribution is -2.36. The Kier molecular flexibility index (Phi) is 2.99. The summed E-state index contributed by atoms with van der Waals surface area (Å²) in [7, 11) is 0. The van der Waals surface area contributed by atoms with Gasteiger partial charge in [-0.3, -0.25) is 4.40 Å². The number of rotatable bonds is 2. The Morgan fingerprint density at radius 1 is 1.41 bits per heavy atom. The summed E-state index contributed by atoms with van der Waals surface area (Å²) in [4.78, 5) is 0. The van der Waals surface area contributed by atoms with Gasteiger partial charge in [0.15, 0.2) is 5.65 Å². The fourth-order valence-corrected chi connectivity index (χ4v) is 2.59. The van der Waals surface area contributed by atoms with Crippen molar-refractivity contribution in [2.24, 2.45) is 0 Å². The molecule has 2 aromatic rings. The molecule has 0 amide bonds. The molecule has 0 saturated carbocycles. The molecule has 1 atom stereocenters. The second-order valence-corrected chi connectivity index (χ2v) is 4.92. The fourth-order valence-electron chi connectivity index (χ4n) is 2.39. The largest absolute Gasteiger partial charge is 0.314 e. The summed E-state index contributed by atoms with van der Waals surface area (Å²) >= 11 is 6.07. The zero-order chi connectivity index (χ0) is 11.7. The van der Waals surface area contributed by atoms with Crippen LogP contribution in [-0.2, 0) is 6.42 Å². The summed E-state index contributed by atoms with van der Waals surface area (Å²) in [5.74, 6) is 0.988. The van der Waals surface area contributed by atoms with Crippen LogP contribution >= 0.6 is 11.6 Å². The van der Waals surface area contributed by atoms with Crippen LogP contribution in [0.25, 0.3) is 5.65 Å². The summed E-state index contributed by atoms with van der Waals surface area (Å²) in [6, 6.07) is 4.29. The minimum atomic E-state index is 0.523. The third-order valence-electron chi connectivity index (χ3n) is 3.30. The van der Waals surface area contributed by atoms with Crippen molar-refractivity contribution in [3.8, 4) is 0 Å². The van der Waals surface area contributed by atoms with E-state index in [0.717, 1.165) is 24.4 Å². The number of nitrogens with zero attached hydrogens (tertiary/aromatic N) is 3. The van der Waals surface area contributed by atoms with Crippen molar-refractivity contribution < 1.29 is 0 Å². The molecular weight excluding hydrogens is 236 g/mol. The van der Waals surface area contributed by atoms with Crippen molar-refractivity contribution in [3.63, 3.8) is 0 Å². The number of fused-ring (bicyclic) bond motifs is 1. The van der Waals surface area contributed by atoms with Gasteiger partial charge >= 0.3 is 0 Å². The number of aromatic nitrogens is 3. The van der Waals surface area contributed by atoms with Crippen LogP contribution in [0.2, 0.25) is 5.02 Å². The van der Waals surface area contributed by atoms with E-state index < -0.39 is 0 Å². The molecule has 0 aliphatic carbocycles. The first-order valence-electron chi connectivity index (χ1n) is 6.06. The minimum absolute atomic E-state index is 0.523. The van der Waals surface area contributed by atoms with Crippen LogP contribution in [0.1, 0.15) is 25.1 Å². The van der Waals surface area contributed by atoms with E-state index in [-0.39, 0.29) is 0 Å². The molecule has 17 heavy (non-hydrogen) atoms. The summed E-state index contributed by atoms with van der Waals surface area (Å²) in [6.45, 7) is 1.11. The average Bonchev–Trinajstić information content (AvgIpc) is 2.76. The van der Waals surface area contributed by atoms with Crippen molar-refractivity contribution in [1.29, 1.82) is 0 Å². The molecule has 90 valence electrons. The molecule has 1 aliphatic heterocycles. The maximum Gasteiger partial charge on any atom is 0.179 e. The topological polar surface area (TPSA) is 42.2 Å². The van der Waals surface area contributed by atoms with Gasteiger partial charge in [-0.2, -0.15) is 0 Å². The Morgan fingerprint density at radius 2 is 2.35 bits per heavy atom. The van der Waals surface area contributed by atoms with Crippen LogP contribution < -0.4 is 5.32 Å². The second-order valence-electron chi connectivity index (χ2n) is 4.52. The first-order valence-corrected chi connectivity index (χ1v) is 6.44. The van der Waals surface area contributed by atoms with Crippen LogP contribution in [0.15, 0.2) is 18.3 Å². The van der Waals surface area contributed by atoms with E-state index in [0.29, 0.717) is 11.1 Å². The molecule has 1 unspecified atom stereocenters. The van der Waals surface area contributed by atoms with Crippen LogP contribution in [0.5, 0.6) is 0 Å². The van der Waals surface area contributed by atoms with Crippen LogP contribution in [0.4, 0.5) is 0 Å². The van der Waals surface area contributed by atoms with E-state index in [1.165, 1.54) is 19.3 Å². The number of hydrogen-bond donors (Lipinski definition) is 1. The van der Waals surface area contributed by atoms with E-state index >= 15 is 0 Å². The van der Waals surface area contributed by atoms with Gasteiger partial charge in [0.1, 0.15) is 5.82 Å². The van der Waals surface area contributed by atoms with Crippen LogP contribution in [-0.4, -0.2) is 27.2 Å².